The highest BCUT2D eigenvalue weighted by Crippen LogP contribution is 2.24. The minimum atomic E-state index is -0.0909. The van der Waals surface area contributed by atoms with Gasteiger partial charge in [-0.25, -0.2) is 4.98 Å². The molecule has 0 N–H and O–H groups in total. The molecule has 104 valence electrons. The number of rotatable bonds is 3. The summed E-state index contributed by atoms with van der Waals surface area (Å²) in [5, 5.41) is 4.95. The van der Waals surface area contributed by atoms with Crippen molar-refractivity contribution >= 4 is 17.3 Å². The molecule has 3 aromatic rings. The Labute approximate surface area is 121 Å². The SMILES string of the molecule is CC(C)(C)c1noc(CSc2ncc3ccccn23)n1. The first-order chi connectivity index (χ1) is 9.54. The van der Waals surface area contributed by atoms with Crippen LogP contribution in [0.4, 0.5) is 0 Å². The van der Waals surface area contributed by atoms with Gasteiger partial charge in [0.25, 0.3) is 0 Å². The van der Waals surface area contributed by atoms with Crippen LogP contribution in [0.3, 0.4) is 0 Å². The van der Waals surface area contributed by atoms with E-state index in [1.165, 1.54) is 0 Å². The highest BCUT2D eigenvalue weighted by atomic mass is 32.2. The van der Waals surface area contributed by atoms with Gasteiger partial charge in [0.2, 0.25) is 5.89 Å². The van der Waals surface area contributed by atoms with Crippen LogP contribution in [0.5, 0.6) is 0 Å². The van der Waals surface area contributed by atoms with Crippen molar-refractivity contribution in [3.8, 4) is 0 Å². The molecule has 6 heteroatoms. The fourth-order valence-corrected chi connectivity index (χ4v) is 2.57. The van der Waals surface area contributed by atoms with Crippen molar-refractivity contribution in [1.82, 2.24) is 19.5 Å². The zero-order chi connectivity index (χ0) is 14.2. The molecule has 0 spiro atoms. The van der Waals surface area contributed by atoms with Gasteiger partial charge >= 0.3 is 0 Å². The molecule has 3 aromatic heterocycles. The van der Waals surface area contributed by atoms with E-state index >= 15 is 0 Å². The monoisotopic (exact) mass is 288 g/mol. The molecular formula is C14H16N4OS. The maximum absolute atomic E-state index is 5.28. The van der Waals surface area contributed by atoms with Crippen molar-refractivity contribution in [3.05, 3.63) is 42.3 Å². The van der Waals surface area contributed by atoms with Crippen LogP contribution >= 0.6 is 11.8 Å². The molecule has 0 radical (unpaired) electrons. The molecule has 0 aliphatic carbocycles. The standard InChI is InChI=1S/C14H16N4OS/c1-14(2,3)12-16-11(19-17-12)9-20-13-15-8-10-6-4-5-7-18(10)13/h4-8H,9H2,1-3H3. The first kappa shape index (κ1) is 13.2. The Morgan fingerprint density at radius 2 is 2.15 bits per heavy atom. The van der Waals surface area contributed by atoms with Crippen molar-refractivity contribution < 1.29 is 4.52 Å². The lowest BCUT2D eigenvalue weighted by atomic mass is 9.96. The van der Waals surface area contributed by atoms with Gasteiger partial charge in [-0.1, -0.05) is 43.8 Å². The summed E-state index contributed by atoms with van der Waals surface area (Å²) in [5.41, 5.74) is 0.989. The Morgan fingerprint density at radius 3 is 2.90 bits per heavy atom. The van der Waals surface area contributed by atoms with Crippen molar-refractivity contribution in [2.24, 2.45) is 0 Å². The average Bonchev–Trinajstić information content (AvgIpc) is 3.02. The number of pyridine rings is 1. The predicted octanol–water partition coefficient (Wildman–Crippen LogP) is 3.31. The molecule has 20 heavy (non-hydrogen) atoms. The molecule has 3 heterocycles. The summed E-state index contributed by atoms with van der Waals surface area (Å²) in [7, 11) is 0. The smallest absolute Gasteiger partial charge is 0.237 e. The van der Waals surface area contributed by atoms with Crippen LogP contribution in [0.15, 0.2) is 40.3 Å². The molecule has 5 nitrogen and oxygen atoms in total. The summed E-state index contributed by atoms with van der Waals surface area (Å²) in [6.45, 7) is 6.20. The summed E-state index contributed by atoms with van der Waals surface area (Å²) < 4.78 is 7.33. The highest BCUT2D eigenvalue weighted by molar-refractivity contribution is 7.98. The molecule has 0 bridgehead atoms. The van der Waals surface area contributed by atoms with Crippen LogP contribution < -0.4 is 0 Å². The molecule has 0 saturated heterocycles. The number of hydrogen-bond donors (Lipinski definition) is 0. The molecular weight excluding hydrogens is 272 g/mol. The topological polar surface area (TPSA) is 56.2 Å². The largest absolute Gasteiger partial charge is 0.338 e. The summed E-state index contributed by atoms with van der Waals surface area (Å²) >= 11 is 1.59. The highest BCUT2D eigenvalue weighted by Gasteiger charge is 2.21. The fourth-order valence-electron chi connectivity index (χ4n) is 1.77. The second-order valence-electron chi connectivity index (χ2n) is 5.59. The number of nitrogens with zero attached hydrogens (tertiary/aromatic N) is 4. The van der Waals surface area contributed by atoms with Gasteiger partial charge < -0.3 is 4.52 Å². The normalized spacial score (nSPS) is 12.2. The fraction of sp³-hybridized carbons (Fsp3) is 0.357. The van der Waals surface area contributed by atoms with E-state index in [1.807, 2.05) is 35.0 Å². The molecule has 0 atom stereocenters. The van der Waals surface area contributed by atoms with Crippen LogP contribution in [-0.2, 0) is 11.2 Å². The average molecular weight is 288 g/mol. The Morgan fingerprint density at radius 1 is 1.30 bits per heavy atom. The van der Waals surface area contributed by atoms with Crippen LogP contribution in [0.25, 0.3) is 5.52 Å². The Bertz CT molecular complexity index is 726. The van der Waals surface area contributed by atoms with Gasteiger partial charge in [0, 0.05) is 11.6 Å². The third kappa shape index (κ3) is 2.56. The van der Waals surface area contributed by atoms with E-state index in [0.717, 1.165) is 16.5 Å². The van der Waals surface area contributed by atoms with Gasteiger partial charge in [-0.2, -0.15) is 4.98 Å². The van der Waals surface area contributed by atoms with Gasteiger partial charge in [-0.05, 0) is 12.1 Å². The lowest BCUT2D eigenvalue weighted by Crippen LogP contribution is -2.13. The van der Waals surface area contributed by atoms with E-state index in [2.05, 4.69) is 35.9 Å². The van der Waals surface area contributed by atoms with E-state index in [9.17, 15) is 0 Å². The van der Waals surface area contributed by atoms with Crippen LogP contribution in [0, 0.1) is 0 Å². The molecule has 0 aliphatic heterocycles. The first-order valence-electron chi connectivity index (χ1n) is 6.42. The van der Waals surface area contributed by atoms with Gasteiger partial charge in [0.15, 0.2) is 11.0 Å². The van der Waals surface area contributed by atoms with Crippen LogP contribution in [0.1, 0.15) is 32.5 Å². The minimum Gasteiger partial charge on any atom is -0.338 e. The summed E-state index contributed by atoms with van der Waals surface area (Å²) in [5.74, 6) is 1.99. The minimum absolute atomic E-state index is 0.0909. The van der Waals surface area contributed by atoms with Gasteiger partial charge in [0.05, 0.1) is 17.5 Å². The Kier molecular flexibility index (Phi) is 3.25. The number of thioether (sulfide) groups is 1. The third-order valence-corrected chi connectivity index (χ3v) is 3.82. The van der Waals surface area contributed by atoms with E-state index in [1.54, 1.807) is 11.8 Å². The lowest BCUT2D eigenvalue weighted by molar-refractivity contribution is 0.372. The molecule has 0 saturated carbocycles. The summed E-state index contributed by atoms with van der Waals surface area (Å²) in [4.78, 5) is 8.83. The number of hydrogen-bond acceptors (Lipinski definition) is 5. The van der Waals surface area contributed by atoms with E-state index in [-0.39, 0.29) is 5.41 Å². The lowest BCUT2D eigenvalue weighted by Gasteiger charge is -2.10. The molecule has 0 aliphatic rings. The zero-order valence-electron chi connectivity index (χ0n) is 11.7. The Balaban J connectivity index is 1.75. The molecule has 0 unspecified atom stereocenters. The van der Waals surface area contributed by atoms with Crippen molar-refractivity contribution in [3.63, 3.8) is 0 Å². The summed E-state index contributed by atoms with van der Waals surface area (Å²) in [6.07, 6.45) is 3.86. The summed E-state index contributed by atoms with van der Waals surface area (Å²) in [6, 6.07) is 6.02. The van der Waals surface area contributed by atoms with Crippen molar-refractivity contribution in [1.29, 1.82) is 0 Å². The Hall–Kier alpha value is -1.82. The molecule has 0 aromatic carbocycles. The van der Waals surface area contributed by atoms with E-state index in [4.69, 9.17) is 4.52 Å². The number of aromatic nitrogens is 4. The van der Waals surface area contributed by atoms with Crippen LogP contribution in [-0.4, -0.2) is 19.5 Å². The first-order valence-corrected chi connectivity index (χ1v) is 7.40. The van der Waals surface area contributed by atoms with Crippen molar-refractivity contribution in [2.45, 2.75) is 37.1 Å². The zero-order valence-corrected chi connectivity index (χ0v) is 12.5. The number of fused-ring (bicyclic) bond motifs is 1. The maximum atomic E-state index is 5.28. The second-order valence-corrected chi connectivity index (χ2v) is 6.53. The van der Waals surface area contributed by atoms with Crippen LogP contribution in [0.2, 0.25) is 0 Å². The molecule has 0 amide bonds. The third-order valence-electron chi connectivity index (χ3n) is 2.87. The van der Waals surface area contributed by atoms with E-state index < -0.39 is 0 Å². The number of imidazole rings is 1. The van der Waals surface area contributed by atoms with E-state index in [0.29, 0.717) is 11.6 Å². The molecule has 0 fully saturated rings. The predicted molar refractivity (Wildman–Crippen MR) is 77.8 cm³/mol. The molecule has 3 rings (SSSR count). The maximum Gasteiger partial charge on any atom is 0.237 e. The van der Waals surface area contributed by atoms with Crippen molar-refractivity contribution in [2.75, 3.05) is 0 Å². The second kappa shape index (κ2) is 4.94. The van der Waals surface area contributed by atoms with Gasteiger partial charge in [0.1, 0.15) is 0 Å². The quantitative estimate of drug-likeness (QED) is 0.692. The van der Waals surface area contributed by atoms with Gasteiger partial charge in [-0.3, -0.25) is 4.40 Å². The van der Waals surface area contributed by atoms with Gasteiger partial charge in [-0.15, -0.1) is 0 Å².